The number of aromatic nitrogens is 2. The molecule has 2 aromatic heterocycles. The Morgan fingerprint density at radius 2 is 1.83 bits per heavy atom. The summed E-state index contributed by atoms with van der Waals surface area (Å²) in [4.78, 5) is 12.1. The molecule has 3 heteroatoms. The van der Waals surface area contributed by atoms with E-state index in [0.717, 1.165) is 38.0 Å². The van der Waals surface area contributed by atoms with Crippen LogP contribution in [0, 0.1) is 19.8 Å². The quantitative estimate of drug-likeness (QED) is 0.607. The van der Waals surface area contributed by atoms with Gasteiger partial charge >= 0.3 is 0 Å². The maximum atomic E-state index is 4.87. The van der Waals surface area contributed by atoms with Gasteiger partial charge in [-0.2, -0.15) is 0 Å². The Hall–Kier alpha value is -2.52. The normalized spacial score (nSPS) is 24.7. The summed E-state index contributed by atoms with van der Waals surface area (Å²) in [6.45, 7) is 8.86. The lowest BCUT2D eigenvalue weighted by atomic mass is 9.59. The third-order valence-corrected chi connectivity index (χ3v) is 7.63. The van der Waals surface area contributed by atoms with Gasteiger partial charge in [0, 0.05) is 41.8 Å². The maximum absolute atomic E-state index is 4.87. The van der Waals surface area contributed by atoms with Crippen molar-refractivity contribution in [1.82, 2.24) is 14.9 Å². The van der Waals surface area contributed by atoms with Gasteiger partial charge in [0.1, 0.15) is 0 Å². The average Bonchev–Trinajstić information content (AvgIpc) is 2.77. The van der Waals surface area contributed by atoms with Crippen molar-refractivity contribution in [2.45, 2.75) is 51.5 Å². The van der Waals surface area contributed by atoms with E-state index >= 15 is 0 Å². The summed E-state index contributed by atoms with van der Waals surface area (Å²) >= 11 is 0. The average molecular weight is 398 g/mol. The van der Waals surface area contributed by atoms with Crippen molar-refractivity contribution in [3.63, 3.8) is 0 Å². The molecule has 1 saturated heterocycles. The molecular formula is C27H31N3. The standard InChI is InChI=1S/C27H31N3/c1-19-14-20(2)29-17-25(19)21(3)30-13-11-27(26-10-6-7-12-28-26)16-23-9-5-4-8-22(23)15-24(27)18-30/h4-10,12,14,17,21,24H,11,13,15-16,18H2,1-3H3. The maximum Gasteiger partial charge on any atom is 0.0472 e. The van der Waals surface area contributed by atoms with E-state index in [2.05, 4.69) is 79.3 Å². The van der Waals surface area contributed by atoms with Crippen molar-refractivity contribution in [3.8, 4) is 0 Å². The topological polar surface area (TPSA) is 29.0 Å². The molecule has 3 unspecified atom stereocenters. The molecule has 30 heavy (non-hydrogen) atoms. The monoisotopic (exact) mass is 397 g/mol. The second kappa shape index (κ2) is 7.63. The molecule has 154 valence electrons. The van der Waals surface area contributed by atoms with Crippen molar-refractivity contribution in [2.24, 2.45) is 5.92 Å². The van der Waals surface area contributed by atoms with Crippen LogP contribution < -0.4 is 0 Å². The molecule has 3 heterocycles. The highest BCUT2D eigenvalue weighted by atomic mass is 15.2. The lowest BCUT2D eigenvalue weighted by Crippen LogP contribution is -2.54. The number of hydrogen-bond donors (Lipinski definition) is 0. The van der Waals surface area contributed by atoms with Crippen LogP contribution in [0.3, 0.4) is 0 Å². The first-order valence-electron chi connectivity index (χ1n) is 11.2. The highest BCUT2D eigenvalue weighted by Crippen LogP contribution is 2.48. The van der Waals surface area contributed by atoms with Crippen LogP contribution in [0.25, 0.3) is 0 Å². The van der Waals surface area contributed by atoms with E-state index in [-0.39, 0.29) is 5.41 Å². The first kappa shape index (κ1) is 19.4. The third kappa shape index (κ3) is 3.26. The van der Waals surface area contributed by atoms with Crippen LogP contribution in [0.1, 0.15) is 53.0 Å². The Labute approximate surface area is 180 Å². The van der Waals surface area contributed by atoms with E-state index < -0.39 is 0 Å². The van der Waals surface area contributed by atoms with Gasteiger partial charge in [-0.3, -0.25) is 14.9 Å². The van der Waals surface area contributed by atoms with Gasteiger partial charge in [0.05, 0.1) is 0 Å². The van der Waals surface area contributed by atoms with Crippen LogP contribution in [0.5, 0.6) is 0 Å². The summed E-state index contributed by atoms with van der Waals surface area (Å²) in [5, 5.41) is 0. The third-order valence-electron chi connectivity index (χ3n) is 7.63. The van der Waals surface area contributed by atoms with E-state index in [9.17, 15) is 0 Å². The predicted molar refractivity (Wildman–Crippen MR) is 122 cm³/mol. The molecule has 3 nitrogen and oxygen atoms in total. The number of hydrogen-bond acceptors (Lipinski definition) is 3. The smallest absolute Gasteiger partial charge is 0.0472 e. The summed E-state index contributed by atoms with van der Waals surface area (Å²) in [6, 6.07) is 18.1. The molecule has 3 aromatic rings. The Balaban J connectivity index is 1.49. The molecule has 0 amide bonds. The van der Waals surface area contributed by atoms with Gasteiger partial charge in [-0.1, -0.05) is 30.3 Å². The Kier molecular flexibility index (Phi) is 4.94. The molecule has 1 aromatic carbocycles. The van der Waals surface area contributed by atoms with Crippen molar-refractivity contribution in [3.05, 3.63) is 94.6 Å². The zero-order chi connectivity index (χ0) is 20.7. The number of pyridine rings is 2. The molecule has 1 aliphatic carbocycles. The molecule has 1 fully saturated rings. The summed E-state index contributed by atoms with van der Waals surface area (Å²) in [5.74, 6) is 0.581. The van der Waals surface area contributed by atoms with E-state index in [1.165, 1.54) is 27.9 Å². The molecule has 3 atom stereocenters. The fourth-order valence-electron chi connectivity index (χ4n) is 5.90. The minimum Gasteiger partial charge on any atom is -0.296 e. The van der Waals surface area contributed by atoms with Gasteiger partial charge in [0.25, 0.3) is 0 Å². The fourth-order valence-corrected chi connectivity index (χ4v) is 5.90. The van der Waals surface area contributed by atoms with E-state index in [4.69, 9.17) is 4.98 Å². The SMILES string of the molecule is Cc1cc(C)c(C(C)N2CCC3(c4ccccn4)Cc4ccccc4CC3C2)cn1. The molecular weight excluding hydrogens is 366 g/mol. The molecule has 0 N–H and O–H groups in total. The summed E-state index contributed by atoms with van der Waals surface area (Å²) in [7, 11) is 0. The van der Waals surface area contributed by atoms with E-state index in [1.807, 2.05) is 12.3 Å². The number of fused-ring (bicyclic) bond motifs is 2. The van der Waals surface area contributed by atoms with Crippen molar-refractivity contribution >= 4 is 0 Å². The van der Waals surface area contributed by atoms with Crippen LogP contribution in [-0.4, -0.2) is 28.0 Å². The lowest BCUT2D eigenvalue weighted by molar-refractivity contribution is 0.0542. The molecule has 0 spiro atoms. The fraction of sp³-hybridized carbons (Fsp3) is 0.407. The molecule has 1 aliphatic heterocycles. The minimum absolute atomic E-state index is 0.145. The van der Waals surface area contributed by atoms with E-state index in [0.29, 0.717) is 12.0 Å². The second-order valence-electron chi connectivity index (χ2n) is 9.32. The number of aryl methyl sites for hydroxylation is 2. The predicted octanol–water partition coefficient (Wildman–Crippen LogP) is 5.21. The molecule has 0 bridgehead atoms. The van der Waals surface area contributed by atoms with Crippen LogP contribution in [0.4, 0.5) is 0 Å². The lowest BCUT2D eigenvalue weighted by Gasteiger charge is -2.52. The van der Waals surface area contributed by atoms with Crippen LogP contribution >= 0.6 is 0 Å². The highest BCUT2D eigenvalue weighted by molar-refractivity contribution is 5.38. The van der Waals surface area contributed by atoms with Gasteiger partial charge in [0.2, 0.25) is 0 Å². The Bertz CT molecular complexity index is 1040. The van der Waals surface area contributed by atoms with Crippen LogP contribution in [0.15, 0.2) is 60.9 Å². The number of benzene rings is 1. The number of nitrogens with zero attached hydrogens (tertiary/aromatic N) is 3. The first-order chi connectivity index (χ1) is 14.6. The molecule has 5 rings (SSSR count). The highest BCUT2D eigenvalue weighted by Gasteiger charge is 2.48. The largest absolute Gasteiger partial charge is 0.296 e. The van der Waals surface area contributed by atoms with Gasteiger partial charge in [-0.15, -0.1) is 0 Å². The summed E-state index contributed by atoms with van der Waals surface area (Å²) in [6.07, 6.45) is 7.47. The second-order valence-corrected chi connectivity index (χ2v) is 9.32. The summed E-state index contributed by atoms with van der Waals surface area (Å²) in [5.41, 5.74) is 8.28. The zero-order valence-corrected chi connectivity index (χ0v) is 18.3. The number of rotatable bonds is 3. The molecule has 0 radical (unpaired) electrons. The van der Waals surface area contributed by atoms with Crippen molar-refractivity contribution < 1.29 is 0 Å². The van der Waals surface area contributed by atoms with Crippen LogP contribution in [0.2, 0.25) is 0 Å². The molecule has 0 saturated carbocycles. The number of likely N-dealkylation sites (tertiary alicyclic amines) is 1. The zero-order valence-electron chi connectivity index (χ0n) is 18.3. The van der Waals surface area contributed by atoms with Crippen molar-refractivity contribution in [2.75, 3.05) is 13.1 Å². The minimum atomic E-state index is 0.145. The Morgan fingerprint density at radius 3 is 2.60 bits per heavy atom. The van der Waals surface area contributed by atoms with Gasteiger partial charge in [-0.25, -0.2) is 0 Å². The van der Waals surface area contributed by atoms with Gasteiger partial charge < -0.3 is 0 Å². The summed E-state index contributed by atoms with van der Waals surface area (Å²) < 4.78 is 0. The molecule has 2 aliphatic rings. The van der Waals surface area contributed by atoms with Crippen LogP contribution in [-0.2, 0) is 18.3 Å². The Morgan fingerprint density at radius 1 is 1.03 bits per heavy atom. The van der Waals surface area contributed by atoms with Gasteiger partial charge in [-0.05, 0) is 92.9 Å². The number of piperidine rings is 1. The van der Waals surface area contributed by atoms with Crippen molar-refractivity contribution in [1.29, 1.82) is 0 Å². The first-order valence-corrected chi connectivity index (χ1v) is 11.2. The van der Waals surface area contributed by atoms with E-state index in [1.54, 1.807) is 0 Å². The van der Waals surface area contributed by atoms with Gasteiger partial charge in [0.15, 0.2) is 0 Å².